The largest absolute Gasteiger partial charge is 0.493 e. The molecule has 0 saturated carbocycles. The van der Waals surface area contributed by atoms with Gasteiger partial charge in [0.25, 0.3) is 5.56 Å². The minimum Gasteiger partial charge on any atom is -0.493 e. The van der Waals surface area contributed by atoms with Crippen LogP contribution < -0.4 is 15.0 Å². The Bertz CT molecular complexity index is 996. The average Bonchev–Trinajstić information content (AvgIpc) is 2.79. The third-order valence-corrected chi connectivity index (χ3v) is 5.38. The molecule has 0 N–H and O–H groups in total. The van der Waals surface area contributed by atoms with Crippen LogP contribution in [0.25, 0.3) is 11.3 Å². The lowest BCUT2D eigenvalue weighted by Crippen LogP contribution is -2.50. The van der Waals surface area contributed by atoms with Crippen LogP contribution in [0.5, 0.6) is 11.5 Å². The van der Waals surface area contributed by atoms with Crippen molar-refractivity contribution < 1.29 is 19.1 Å². The summed E-state index contributed by atoms with van der Waals surface area (Å²) in [4.78, 5) is 39.6. The zero-order chi connectivity index (χ0) is 22.4. The minimum atomic E-state index is -0.216. The second-order valence-corrected chi connectivity index (χ2v) is 7.34. The maximum absolute atomic E-state index is 12.5. The summed E-state index contributed by atoms with van der Waals surface area (Å²) in [5, 5.41) is 4.45. The zero-order valence-electron chi connectivity index (χ0n) is 18.2. The van der Waals surface area contributed by atoms with Gasteiger partial charge in [0.05, 0.1) is 19.9 Å². The fourth-order valence-corrected chi connectivity index (χ4v) is 3.57. The van der Waals surface area contributed by atoms with Crippen molar-refractivity contribution in [2.24, 2.45) is 0 Å². The second-order valence-electron chi connectivity index (χ2n) is 7.34. The van der Waals surface area contributed by atoms with Gasteiger partial charge >= 0.3 is 0 Å². The van der Waals surface area contributed by atoms with Crippen LogP contribution in [0.1, 0.15) is 19.8 Å². The predicted molar refractivity (Wildman–Crippen MR) is 115 cm³/mol. The highest BCUT2D eigenvalue weighted by molar-refractivity contribution is 5.77. The van der Waals surface area contributed by atoms with Gasteiger partial charge in [-0.25, -0.2) is 4.68 Å². The molecule has 2 heterocycles. The molecule has 3 rings (SSSR count). The number of nitrogens with zero attached hydrogens (tertiary/aromatic N) is 4. The van der Waals surface area contributed by atoms with Gasteiger partial charge in [0.1, 0.15) is 0 Å². The summed E-state index contributed by atoms with van der Waals surface area (Å²) in [6.45, 7) is 4.11. The van der Waals surface area contributed by atoms with E-state index in [0.717, 1.165) is 5.56 Å². The van der Waals surface area contributed by atoms with E-state index < -0.39 is 0 Å². The third kappa shape index (κ3) is 5.42. The van der Waals surface area contributed by atoms with E-state index in [1.807, 2.05) is 6.07 Å². The van der Waals surface area contributed by atoms with E-state index >= 15 is 0 Å². The van der Waals surface area contributed by atoms with Crippen molar-refractivity contribution >= 4 is 11.8 Å². The number of methoxy groups -OCH3 is 2. The van der Waals surface area contributed by atoms with Crippen molar-refractivity contribution in [2.45, 2.75) is 26.3 Å². The molecule has 1 aromatic carbocycles. The Morgan fingerprint density at radius 2 is 1.65 bits per heavy atom. The summed E-state index contributed by atoms with van der Waals surface area (Å²) in [7, 11) is 3.13. The number of carbonyl (C=O) groups is 2. The molecule has 0 aliphatic carbocycles. The maximum atomic E-state index is 12.5. The third-order valence-electron chi connectivity index (χ3n) is 5.38. The molecule has 1 saturated heterocycles. The quantitative estimate of drug-likeness (QED) is 0.662. The summed E-state index contributed by atoms with van der Waals surface area (Å²) >= 11 is 0. The van der Waals surface area contributed by atoms with Crippen LogP contribution >= 0.6 is 0 Å². The smallest absolute Gasteiger partial charge is 0.266 e. The number of aryl methyl sites for hydroxylation is 1. The predicted octanol–water partition coefficient (Wildman–Crippen LogP) is 1.40. The standard InChI is InChI=1S/C22H28N4O5/c1-16(27)24-11-13-25(14-12-24)21(28)5-4-10-26-22(29)9-7-18(23-26)17-6-8-19(30-2)20(15-17)31-3/h6-9,15H,4-5,10-14H2,1-3H3. The van der Waals surface area contributed by atoms with E-state index in [2.05, 4.69) is 5.10 Å². The Morgan fingerprint density at radius 3 is 2.29 bits per heavy atom. The highest BCUT2D eigenvalue weighted by Crippen LogP contribution is 2.31. The lowest BCUT2D eigenvalue weighted by Gasteiger charge is -2.34. The fraction of sp³-hybridized carbons (Fsp3) is 0.455. The second kappa shape index (κ2) is 10.1. The van der Waals surface area contributed by atoms with E-state index in [0.29, 0.717) is 62.8 Å². The van der Waals surface area contributed by atoms with Crippen molar-refractivity contribution in [2.75, 3.05) is 40.4 Å². The number of hydrogen-bond donors (Lipinski definition) is 0. The molecule has 0 bridgehead atoms. The summed E-state index contributed by atoms with van der Waals surface area (Å²) in [5.41, 5.74) is 1.21. The van der Waals surface area contributed by atoms with Crippen molar-refractivity contribution in [1.29, 1.82) is 0 Å². The first-order valence-corrected chi connectivity index (χ1v) is 10.3. The summed E-state index contributed by atoms with van der Waals surface area (Å²) in [6, 6.07) is 8.58. The number of rotatable bonds is 7. The first-order chi connectivity index (χ1) is 14.9. The van der Waals surface area contributed by atoms with Gasteiger partial charge in [0, 0.05) is 57.7 Å². The number of piperazine rings is 1. The molecule has 1 aromatic heterocycles. The number of ether oxygens (including phenoxy) is 2. The van der Waals surface area contributed by atoms with Crippen molar-refractivity contribution in [1.82, 2.24) is 19.6 Å². The van der Waals surface area contributed by atoms with Crippen LogP contribution in [0.2, 0.25) is 0 Å². The van der Waals surface area contributed by atoms with E-state index in [1.165, 1.54) is 10.7 Å². The molecular formula is C22H28N4O5. The molecule has 9 nitrogen and oxygen atoms in total. The molecule has 1 aliphatic rings. The van der Waals surface area contributed by atoms with Crippen LogP contribution in [0.15, 0.2) is 35.1 Å². The number of amides is 2. The van der Waals surface area contributed by atoms with Crippen molar-refractivity contribution in [3.63, 3.8) is 0 Å². The fourth-order valence-electron chi connectivity index (χ4n) is 3.57. The van der Waals surface area contributed by atoms with Crippen molar-refractivity contribution in [3.8, 4) is 22.8 Å². The van der Waals surface area contributed by atoms with Gasteiger partial charge in [-0.15, -0.1) is 0 Å². The van der Waals surface area contributed by atoms with Gasteiger partial charge in [-0.05, 0) is 30.7 Å². The lowest BCUT2D eigenvalue weighted by atomic mass is 10.1. The van der Waals surface area contributed by atoms with E-state index in [1.54, 1.807) is 49.1 Å². The number of hydrogen-bond acceptors (Lipinski definition) is 6. The molecule has 0 spiro atoms. The number of aromatic nitrogens is 2. The first kappa shape index (κ1) is 22.3. The highest BCUT2D eigenvalue weighted by Gasteiger charge is 2.21. The molecule has 0 atom stereocenters. The molecule has 1 fully saturated rings. The topological polar surface area (TPSA) is 94.0 Å². The SMILES string of the molecule is COc1ccc(-c2ccc(=O)n(CCCC(=O)N3CCN(C(C)=O)CC3)n2)cc1OC. The van der Waals surface area contributed by atoms with Crippen LogP contribution in [0.3, 0.4) is 0 Å². The van der Waals surface area contributed by atoms with Gasteiger partial charge in [0.15, 0.2) is 11.5 Å². The Morgan fingerprint density at radius 1 is 0.968 bits per heavy atom. The average molecular weight is 428 g/mol. The molecule has 0 unspecified atom stereocenters. The van der Waals surface area contributed by atoms with Crippen LogP contribution in [0, 0.1) is 0 Å². The number of benzene rings is 1. The molecule has 166 valence electrons. The van der Waals surface area contributed by atoms with Crippen LogP contribution in [-0.4, -0.2) is 71.8 Å². The maximum Gasteiger partial charge on any atom is 0.266 e. The molecular weight excluding hydrogens is 400 g/mol. The summed E-state index contributed by atoms with van der Waals surface area (Å²) < 4.78 is 12.0. The van der Waals surface area contributed by atoms with E-state index in [-0.39, 0.29) is 17.4 Å². The summed E-state index contributed by atoms with van der Waals surface area (Å²) in [5.74, 6) is 1.26. The Kier molecular flexibility index (Phi) is 7.28. The molecule has 0 radical (unpaired) electrons. The normalized spacial score (nSPS) is 13.8. The Labute approximate surface area is 181 Å². The molecule has 31 heavy (non-hydrogen) atoms. The van der Waals surface area contributed by atoms with Crippen LogP contribution in [0.4, 0.5) is 0 Å². The van der Waals surface area contributed by atoms with Gasteiger partial charge in [0.2, 0.25) is 11.8 Å². The molecule has 2 amide bonds. The van der Waals surface area contributed by atoms with Gasteiger partial charge in [-0.3, -0.25) is 14.4 Å². The van der Waals surface area contributed by atoms with Gasteiger partial charge < -0.3 is 19.3 Å². The minimum absolute atomic E-state index is 0.0342. The van der Waals surface area contributed by atoms with E-state index in [4.69, 9.17) is 9.47 Å². The molecule has 2 aromatic rings. The first-order valence-electron chi connectivity index (χ1n) is 10.3. The summed E-state index contributed by atoms with van der Waals surface area (Å²) in [6.07, 6.45) is 0.836. The lowest BCUT2D eigenvalue weighted by molar-refractivity contribution is -0.138. The Balaban J connectivity index is 1.61. The van der Waals surface area contributed by atoms with E-state index in [9.17, 15) is 14.4 Å². The van der Waals surface area contributed by atoms with Gasteiger partial charge in [-0.2, -0.15) is 5.10 Å². The van der Waals surface area contributed by atoms with Crippen LogP contribution in [-0.2, 0) is 16.1 Å². The highest BCUT2D eigenvalue weighted by atomic mass is 16.5. The van der Waals surface area contributed by atoms with Gasteiger partial charge in [-0.1, -0.05) is 0 Å². The molecule has 9 heteroatoms. The number of carbonyl (C=O) groups excluding carboxylic acids is 2. The monoisotopic (exact) mass is 428 g/mol. The Hall–Kier alpha value is -3.36. The van der Waals surface area contributed by atoms with Crippen molar-refractivity contribution in [3.05, 3.63) is 40.7 Å². The molecule has 1 aliphatic heterocycles. The zero-order valence-corrected chi connectivity index (χ0v) is 18.2.